The van der Waals surface area contributed by atoms with E-state index in [9.17, 15) is 9.59 Å². The molecule has 0 fully saturated rings. The van der Waals surface area contributed by atoms with Gasteiger partial charge in [-0.05, 0) is 66.6 Å². The first-order valence-electron chi connectivity index (χ1n) is 11.5. The number of carboxylic acids is 1. The van der Waals surface area contributed by atoms with Gasteiger partial charge in [0.25, 0.3) is 5.91 Å². The van der Waals surface area contributed by atoms with E-state index in [1.807, 2.05) is 47.4 Å². The third-order valence-corrected chi connectivity index (χ3v) is 6.72. The average Bonchev–Trinajstić information content (AvgIpc) is 3.28. The first-order chi connectivity index (χ1) is 16.0. The van der Waals surface area contributed by atoms with E-state index in [0.717, 1.165) is 43.5 Å². The molecule has 5 heteroatoms. The zero-order valence-corrected chi connectivity index (χ0v) is 19.0. The molecule has 4 rings (SSSR count). The van der Waals surface area contributed by atoms with Crippen molar-refractivity contribution < 1.29 is 14.7 Å². The van der Waals surface area contributed by atoms with Crippen LogP contribution in [0.5, 0.6) is 0 Å². The monoisotopic (exact) mass is 442 g/mol. The predicted molar refractivity (Wildman–Crippen MR) is 131 cm³/mol. The van der Waals surface area contributed by atoms with Gasteiger partial charge >= 0.3 is 5.97 Å². The fourth-order valence-corrected chi connectivity index (χ4v) is 4.69. The Kier molecular flexibility index (Phi) is 6.50. The topological polar surface area (TPSA) is 62.5 Å². The molecule has 1 N–H and O–H groups in total. The van der Waals surface area contributed by atoms with Crippen LogP contribution in [0.4, 0.5) is 5.69 Å². The molecular weight excluding hydrogens is 412 g/mol. The van der Waals surface area contributed by atoms with Crippen molar-refractivity contribution >= 4 is 17.6 Å². The second-order valence-electron chi connectivity index (χ2n) is 8.84. The quantitative estimate of drug-likeness (QED) is 0.448. The van der Waals surface area contributed by atoms with Crippen molar-refractivity contribution in [2.45, 2.75) is 39.0 Å². The van der Waals surface area contributed by atoms with Crippen LogP contribution in [0, 0.1) is 5.41 Å². The molecule has 0 saturated carbocycles. The van der Waals surface area contributed by atoms with E-state index in [4.69, 9.17) is 5.11 Å². The molecule has 33 heavy (non-hydrogen) atoms. The fraction of sp³-hybridized carbons (Fsp3) is 0.286. The summed E-state index contributed by atoms with van der Waals surface area (Å²) < 4.78 is 1.74. The van der Waals surface area contributed by atoms with Crippen LogP contribution in [0.3, 0.4) is 0 Å². The molecule has 3 aromatic rings. The number of anilines is 1. The maximum Gasteiger partial charge on any atom is 0.337 e. The number of aromatic nitrogens is 1. The number of hydrogen-bond acceptors (Lipinski definition) is 2. The Balaban J connectivity index is 1.61. The van der Waals surface area contributed by atoms with Crippen LogP contribution in [0.2, 0.25) is 0 Å². The first-order valence-corrected chi connectivity index (χ1v) is 11.5. The summed E-state index contributed by atoms with van der Waals surface area (Å²) in [5.41, 5.74) is 3.80. The summed E-state index contributed by atoms with van der Waals surface area (Å²) in [6, 6.07) is 17.1. The molecule has 2 heterocycles. The maximum absolute atomic E-state index is 13.6. The summed E-state index contributed by atoms with van der Waals surface area (Å²) in [6.45, 7) is 7.01. The number of rotatable bonds is 7. The molecule has 1 aliphatic rings. The highest BCUT2D eigenvalue weighted by Crippen LogP contribution is 2.41. The highest BCUT2D eigenvalue weighted by atomic mass is 16.4. The summed E-state index contributed by atoms with van der Waals surface area (Å²) in [6.07, 6.45) is 10.5. The molecule has 0 saturated heterocycles. The van der Waals surface area contributed by atoms with Crippen molar-refractivity contribution in [3.05, 3.63) is 96.3 Å². The number of carbonyl (C=O) groups is 2. The summed E-state index contributed by atoms with van der Waals surface area (Å²) in [7, 11) is 0. The number of benzene rings is 2. The Morgan fingerprint density at radius 1 is 1.09 bits per heavy atom. The normalized spacial score (nSPS) is 17.8. The Morgan fingerprint density at radius 2 is 1.85 bits per heavy atom. The number of hydrogen-bond donors (Lipinski definition) is 1. The molecule has 0 radical (unpaired) electrons. The second kappa shape index (κ2) is 9.49. The minimum Gasteiger partial charge on any atom is -0.478 e. The number of unbranched alkanes of at least 4 members (excludes halogenated alkanes) is 1. The lowest BCUT2D eigenvalue weighted by molar-refractivity contribution is 0.0696. The van der Waals surface area contributed by atoms with Crippen LogP contribution in [0.15, 0.2) is 79.6 Å². The van der Waals surface area contributed by atoms with Gasteiger partial charge in [0.15, 0.2) is 0 Å². The van der Waals surface area contributed by atoms with E-state index in [2.05, 4.69) is 25.6 Å². The highest BCUT2D eigenvalue weighted by molar-refractivity contribution is 6.06. The minimum absolute atomic E-state index is 0.00126. The molecule has 170 valence electrons. The minimum atomic E-state index is -0.963. The number of aromatic carboxylic acids is 1. The summed E-state index contributed by atoms with van der Waals surface area (Å²) in [5, 5.41) is 9.14. The molecule has 1 atom stereocenters. The zero-order chi connectivity index (χ0) is 23.4. The number of nitrogens with zero attached hydrogens (tertiary/aromatic N) is 2. The number of carboxylic acid groups (broad SMARTS) is 1. The molecule has 0 bridgehead atoms. The Bertz CT molecular complexity index is 1160. The lowest BCUT2D eigenvalue weighted by atomic mass is 9.75. The van der Waals surface area contributed by atoms with E-state index in [1.54, 1.807) is 23.0 Å². The van der Waals surface area contributed by atoms with Gasteiger partial charge in [-0.25, -0.2) is 4.79 Å². The summed E-state index contributed by atoms with van der Waals surface area (Å²) in [4.78, 5) is 26.6. The third-order valence-electron chi connectivity index (χ3n) is 6.72. The lowest BCUT2D eigenvalue weighted by Crippen LogP contribution is -2.33. The molecule has 0 aliphatic carbocycles. The smallest absolute Gasteiger partial charge is 0.337 e. The highest BCUT2D eigenvalue weighted by Gasteiger charge is 2.33. The van der Waals surface area contributed by atoms with Crippen molar-refractivity contribution in [1.82, 2.24) is 4.57 Å². The molecule has 1 amide bonds. The van der Waals surface area contributed by atoms with Gasteiger partial charge in [0.05, 0.1) is 5.56 Å². The SMILES string of the molecule is C=CC1(CCCC)CCN(C(=O)c2ccc(-n3ccc(C(=O)O)c3)cc2)c2ccccc2C1. The van der Waals surface area contributed by atoms with Gasteiger partial charge in [-0.2, -0.15) is 0 Å². The largest absolute Gasteiger partial charge is 0.478 e. The van der Waals surface area contributed by atoms with Crippen LogP contribution in [0.25, 0.3) is 5.69 Å². The van der Waals surface area contributed by atoms with Crippen LogP contribution >= 0.6 is 0 Å². The number of allylic oxidation sites excluding steroid dienone is 1. The van der Waals surface area contributed by atoms with Crippen LogP contribution < -0.4 is 4.90 Å². The van der Waals surface area contributed by atoms with Crippen molar-refractivity contribution in [2.24, 2.45) is 5.41 Å². The Morgan fingerprint density at radius 3 is 2.52 bits per heavy atom. The van der Waals surface area contributed by atoms with E-state index in [1.165, 1.54) is 5.56 Å². The fourth-order valence-electron chi connectivity index (χ4n) is 4.69. The third kappa shape index (κ3) is 4.63. The van der Waals surface area contributed by atoms with Crippen molar-refractivity contribution in [1.29, 1.82) is 0 Å². The van der Waals surface area contributed by atoms with E-state index in [0.29, 0.717) is 12.1 Å². The number of carbonyl (C=O) groups excluding carboxylic acids is 1. The molecule has 5 nitrogen and oxygen atoms in total. The van der Waals surface area contributed by atoms with E-state index in [-0.39, 0.29) is 16.9 Å². The van der Waals surface area contributed by atoms with Gasteiger partial charge in [-0.1, -0.05) is 44.0 Å². The Labute approximate surface area is 195 Å². The molecule has 2 aromatic carbocycles. The lowest BCUT2D eigenvalue weighted by Gasteiger charge is -2.29. The van der Waals surface area contributed by atoms with Gasteiger partial charge in [-0.15, -0.1) is 6.58 Å². The van der Waals surface area contributed by atoms with E-state index < -0.39 is 5.97 Å². The maximum atomic E-state index is 13.6. The average molecular weight is 443 g/mol. The number of para-hydroxylation sites is 1. The van der Waals surface area contributed by atoms with Crippen LogP contribution in [-0.2, 0) is 6.42 Å². The Hall–Kier alpha value is -3.60. The first kappa shape index (κ1) is 22.6. The molecular formula is C28H30N2O3. The van der Waals surface area contributed by atoms with Gasteiger partial charge < -0.3 is 14.6 Å². The van der Waals surface area contributed by atoms with Crippen molar-refractivity contribution in [3.63, 3.8) is 0 Å². The zero-order valence-electron chi connectivity index (χ0n) is 19.0. The molecule has 1 aromatic heterocycles. The predicted octanol–water partition coefficient (Wildman–Crippen LogP) is 6.13. The molecule has 0 spiro atoms. The van der Waals surface area contributed by atoms with Crippen LogP contribution in [0.1, 0.15) is 58.9 Å². The number of amides is 1. The van der Waals surface area contributed by atoms with Crippen molar-refractivity contribution in [2.75, 3.05) is 11.4 Å². The van der Waals surface area contributed by atoms with Gasteiger partial charge in [0.2, 0.25) is 0 Å². The van der Waals surface area contributed by atoms with E-state index >= 15 is 0 Å². The molecule has 1 aliphatic heterocycles. The molecule has 1 unspecified atom stereocenters. The number of fused-ring (bicyclic) bond motifs is 1. The summed E-state index contributed by atoms with van der Waals surface area (Å²) in [5.74, 6) is -0.988. The van der Waals surface area contributed by atoms with Crippen molar-refractivity contribution in [3.8, 4) is 5.69 Å². The second-order valence-corrected chi connectivity index (χ2v) is 8.84. The summed E-state index contributed by atoms with van der Waals surface area (Å²) >= 11 is 0. The van der Waals surface area contributed by atoms with Gasteiger partial charge in [0.1, 0.15) is 0 Å². The van der Waals surface area contributed by atoms with Crippen LogP contribution in [-0.4, -0.2) is 28.1 Å². The van der Waals surface area contributed by atoms with Gasteiger partial charge in [0, 0.05) is 35.9 Å². The standard InChI is InChI=1S/C28H30N2O3/c1-3-5-15-28(4-2)16-18-30(25-9-7-6-8-22(25)19-28)26(31)21-10-12-24(13-11-21)29-17-14-23(20-29)27(32)33/h4,6-14,17,20H,2-3,5,15-16,18-19H2,1H3,(H,32,33). The van der Waals surface area contributed by atoms with Gasteiger partial charge in [-0.3, -0.25) is 4.79 Å².